The summed E-state index contributed by atoms with van der Waals surface area (Å²) in [4.78, 5) is 0. The number of hydrazone groups is 1. The molecular weight excluding hydrogens is 302 g/mol. The molecule has 0 radical (unpaired) electrons. The van der Waals surface area contributed by atoms with E-state index in [1.54, 1.807) is 18.2 Å². The second-order valence-electron chi connectivity index (χ2n) is 5.59. The summed E-state index contributed by atoms with van der Waals surface area (Å²) in [7, 11) is 0. The molecule has 0 heterocycles. The molecule has 0 aliphatic rings. The third kappa shape index (κ3) is 8.18. The van der Waals surface area contributed by atoms with E-state index in [1.165, 1.54) is 38.5 Å². The number of nitrogens with two attached hydrogens (primary N) is 1. The van der Waals surface area contributed by atoms with Crippen LogP contribution in [0.1, 0.15) is 51.9 Å². The van der Waals surface area contributed by atoms with Crippen molar-refractivity contribution in [1.29, 1.82) is 10.7 Å². The van der Waals surface area contributed by atoms with Gasteiger partial charge in [-0.2, -0.15) is 10.4 Å². The van der Waals surface area contributed by atoms with E-state index in [0.717, 1.165) is 18.8 Å². The normalized spacial score (nSPS) is 10.9. The molecule has 0 unspecified atom stereocenters. The fraction of sp³-hybridized carbons (Fsp3) is 0.500. The van der Waals surface area contributed by atoms with Crippen molar-refractivity contribution in [3.05, 3.63) is 24.3 Å². The highest BCUT2D eigenvalue weighted by atomic mass is 16.5. The molecule has 0 bridgehead atoms. The van der Waals surface area contributed by atoms with Crippen molar-refractivity contribution < 1.29 is 4.74 Å². The Labute approximate surface area is 144 Å². The van der Waals surface area contributed by atoms with Crippen molar-refractivity contribution in [3.63, 3.8) is 0 Å². The fourth-order valence-corrected chi connectivity index (χ4v) is 2.14. The molecular formula is C18H27N5O. The van der Waals surface area contributed by atoms with Gasteiger partial charge >= 0.3 is 0 Å². The molecule has 0 saturated carbocycles. The van der Waals surface area contributed by atoms with Gasteiger partial charge in [0.25, 0.3) is 0 Å². The zero-order valence-electron chi connectivity index (χ0n) is 14.3. The van der Waals surface area contributed by atoms with Crippen LogP contribution < -0.4 is 15.9 Å². The highest BCUT2D eigenvalue weighted by molar-refractivity contribution is 6.45. The summed E-state index contributed by atoms with van der Waals surface area (Å²) in [5.74, 6) is 0.447. The van der Waals surface area contributed by atoms with E-state index in [9.17, 15) is 0 Å². The standard InChI is InChI=1S/C18H27N5O/c1-2-3-4-5-6-7-8-13-24-16-11-9-15(10-12-16)22-23-17(14-19)18(20)21/h9-12,22H,2-8,13H2,1H3,(H3,20,21)/b23-17+. The Balaban J connectivity index is 2.25. The number of unbranched alkanes of at least 4 members (excludes halogenated alkanes) is 6. The van der Waals surface area contributed by atoms with Crippen LogP contribution in [-0.4, -0.2) is 18.2 Å². The van der Waals surface area contributed by atoms with E-state index >= 15 is 0 Å². The van der Waals surface area contributed by atoms with Crippen LogP contribution in [0.3, 0.4) is 0 Å². The maximum absolute atomic E-state index is 8.76. The van der Waals surface area contributed by atoms with Crippen LogP contribution in [0.25, 0.3) is 0 Å². The molecule has 0 aliphatic carbocycles. The predicted molar refractivity (Wildman–Crippen MR) is 98.5 cm³/mol. The first-order chi connectivity index (χ1) is 11.7. The Morgan fingerprint density at radius 2 is 1.79 bits per heavy atom. The van der Waals surface area contributed by atoms with Gasteiger partial charge in [0, 0.05) is 0 Å². The highest BCUT2D eigenvalue weighted by Crippen LogP contribution is 2.16. The first kappa shape index (κ1) is 19.5. The molecule has 0 aliphatic heterocycles. The summed E-state index contributed by atoms with van der Waals surface area (Å²) in [6.45, 7) is 2.95. The van der Waals surface area contributed by atoms with Gasteiger partial charge in [-0.1, -0.05) is 45.4 Å². The lowest BCUT2D eigenvalue weighted by molar-refractivity contribution is 0.304. The molecule has 1 aromatic rings. The van der Waals surface area contributed by atoms with Crippen molar-refractivity contribution >= 4 is 17.2 Å². The Kier molecular flexibility index (Phi) is 9.70. The van der Waals surface area contributed by atoms with E-state index in [0.29, 0.717) is 5.69 Å². The van der Waals surface area contributed by atoms with Crippen LogP contribution >= 0.6 is 0 Å². The molecule has 6 nitrogen and oxygen atoms in total. The van der Waals surface area contributed by atoms with Crippen molar-refractivity contribution in [2.24, 2.45) is 10.8 Å². The van der Waals surface area contributed by atoms with E-state index in [2.05, 4.69) is 17.5 Å². The van der Waals surface area contributed by atoms with Crippen LogP contribution in [0.4, 0.5) is 5.69 Å². The molecule has 0 fully saturated rings. The van der Waals surface area contributed by atoms with Gasteiger partial charge in [0.2, 0.25) is 5.71 Å². The number of nitriles is 1. The van der Waals surface area contributed by atoms with Crippen molar-refractivity contribution in [1.82, 2.24) is 0 Å². The minimum Gasteiger partial charge on any atom is -0.494 e. The van der Waals surface area contributed by atoms with Crippen LogP contribution in [0.2, 0.25) is 0 Å². The lowest BCUT2D eigenvalue weighted by atomic mass is 10.1. The zero-order chi connectivity index (χ0) is 17.6. The number of benzene rings is 1. The number of nitrogens with zero attached hydrogens (tertiary/aromatic N) is 2. The van der Waals surface area contributed by atoms with E-state index in [4.69, 9.17) is 21.1 Å². The Hall–Kier alpha value is -2.55. The molecule has 0 saturated heterocycles. The number of rotatable bonds is 12. The Morgan fingerprint density at radius 3 is 2.38 bits per heavy atom. The molecule has 6 heteroatoms. The molecule has 4 N–H and O–H groups in total. The lowest BCUT2D eigenvalue weighted by Crippen LogP contribution is -2.21. The average Bonchev–Trinajstić information content (AvgIpc) is 2.58. The maximum atomic E-state index is 8.76. The number of anilines is 1. The highest BCUT2D eigenvalue weighted by Gasteiger charge is 2.01. The number of hydrogen-bond acceptors (Lipinski definition) is 5. The van der Waals surface area contributed by atoms with Crippen LogP contribution in [0, 0.1) is 16.7 Å². The first-order valence-electron chi connectivity index (χ1n) is 8.48. The van der Waals surface area contributed by atoms with Gasteiger partial charge in [-0.25, -0.2) is 0 Å². The topological polar surface area (TPSA) is 107 Å². The van der Waals surface area contributed by atoms with Gasteiger partial charge in [0.15, 0.2) is 5.84 Å². The molecule has 0 amide bonds. The van der Waals surface area contributed by atoms with E-state index in [-0.39, 0.29) is 11.5 Å². The van der Waals surface area contributed by atoms with Gasteiger partial charge in [0.1, 0.15) is 11.8 Å². The third-order valence-corrected chi connectivity index (χ3v) is 3.53. The quantitative estimate of drug-likeness (QED) is 0.233. The summed E-state index contributed by atoms with van der Waals surface area (Å²) >= 11 is 0. The molecule has 24 heavy (non-hydrogen) atoms. The second-order valence-corrected chi connectivity index (χ2v) is 5.59. The number of ether oxygens (including phenoxy) is 1. The van der Waals surface area contributed by atoms with Gasteiger partial charge in [-0.15, -0.1) is 0 Å². The molecule has 0 aromatic heterocycles. The SMILES string of the molecule is CCCCCCCCCOc1ccc(N/N=C(\C#N)C(=N)N)cc1. The summed E-state index contributed by atoms with van der Waals surface area (Å²) in [6, 6.07) is 9.05. The summed E-state index contributed by atoms with van der Waals surface area (Å²) < 4.78 is 5.70. The summed E-state index contributed by atoms with van der Waals surface area (Å²) in [5, 5.41) is 19.7. The smallest absolute Gasteiger partial charge is 0.201 e. The Bertz CT molecular complexity index is 560. The van der Waals surface area contributed by atoms with Gasteiger partial charge in [-0.3, -0.25) is 10.8 Å². The van der Waals surface area contributed by atoms with Gasteiger partial charge in [-0.05, 0) is 30.7 Å². The molecule has 1 aromatic carbocycles. The van der Waals surface area contributed by atoms with Gasteiger partial charge in [0.05, 0.1) is 12.3 Å². The summed E-state index contributed by atoms with van der Waals surface area (Å²) in [5.41, 5.74) is 8.47. The largest absolute Gasteiger partial charge is 0.494 e. The minimum atomic E-state index is -0.361. The van der Waals surface area contributed by atoms with E-state index < -0.39 is 0 Å². The molecule has 130 valence electrons. The Morgan fingerprint density at radius 1 is 1.17 bits per heavy atom. The van der Waals surface area contributed by atoms with Crippen LogP contribution in [-0.2, 0) is 0 Å². The van der Waals surface area contributed by atoms with Crippen LogP contribution in [0.5, 0.6) is 5.75 Å². The minimum absolute atomic E-state index is 0.144. The third-order valence-electron chi connectivity index (χ3n) is 3.53. The van der Waals surface area contributed by atoms with Crippen molar-refractivity contribution in [3.8, 4) is 11.8 Å². The maximum Gasteiger partial charge on any atom is 0.201 e. The predicted octanol–water partition coefficient (Wildman–Crippen LogP) is 4.04. The number of amidine groups is 1. The zero-order valence-corrected chi connectivity index (χ0v) is 14.3. The first-order valence-corrected chi connectivity index (χ1v) is 8.48. The molecule has 0 spiro atoms. The summed E-state index contributed by atoms with van der Waals surface area (Å²) in [6.07, 6.45) is 8.84. The lowest BCUT2D eigenvalue weighted by Gasteiger charge is -2.07. The number of nitrogens with one attached hydrogen (secondary N) is 2. The van der Waals surface area contributed by atoms with Gasteiger partial charge < -0.3 is 10.5 Å². The number of hydrogen-bond donors (Lipinski definition) is 3. The average molecular weight is 329 g/mol. The fourth-order valence-electron chi connectivity index (χ4n) is 2.14. The van der Waals surface area contributed by atoms with Crippen molar-refractivity contribution in [2.75, 3.05) is 12.0 Å². The monoisotopic (exact) mass is 329 g/mol. The molecule has 1 rings (SSSR count). The second kappa shape index (κ2) is 11.9. The molecule has 0 atom stereocenters. The van der Waals surface area contributed by atoms with Crippen LogP contribution in [0.15, 0.2) is 29.4 Å². The van der Waals surface area contributed by atoms with E-state index in [1.807, 2.05) is 12.1 Å². The van der Waals surface area contributed by atoms with Crippen molar-refractivity contribution in [2.45, 2.75) is 51.9 Å².